The Labute approximate surface area is 197 Å². The zero-order valence-electron chi connectivity index (χ0n) is 18.5. The van der Waals surface area contributed by atoms with Crippen molar-refractivity contribution in [3.8, 4) is 0 Å². The molecule has 0 aromatic heterocycles. The first-order valence-electron chi connectivity index (χ1n) is 10.3. The Morgan fingerprint density at radius 3 is 2.00 bits per heavy atom. The van der Waals surface area contributed by atoms with Gasteiger partial charge in [-0.2, -0.15) is 12.6 Å². The molecule has 11 nitrogen and oxygen atoms in total. The van der Waals surface area contributed by atoms with E-state index in [1.54, 1.807) is 44.2 Å². The summed E-state index contributed by atoms with van der Waals surface area (Å²) in [6, 6.07) is 4.10. The van der Waals surface area contributed by atoms with Crippen LogP contribution < -0.4 is 27.4 Å². The molecular formula is C21H31N5O6S. The van der Waals surface area contributed by atoms with Crippen LogP contribution in [0, 0.1) is 5.92 Å². The van der Waals surface area contributed by atoms with Crippen molar-refractivity contribution < 1.29 is 29.1 Å². The summed E-state index contributed by atoms with van der Waals surface area (Å²) in [4.78, 5) is 60.2. The van der Waals surface area contributed by atoms with E-state index in [1.807, 2.05) is 0 Å². The summed E-state index contributed by atoms with van der Waals surface area (Å²) in [5.74, 6) is -4.67. The van der Waals surface area contributed by atoms with Gasteiger partial charge in [-0.1, -0.05) is 44.2 Å². The molecule has 12 heteroatoms. The van der Waals surface area contributed by atoms with Gasteiger partial charge in [0.1, 0.15) is 18.1 Å². The molecule has 0 heterocycles. The van der Waals surface area contributed by atoms with Gasteiger partial charge in [0.25, 0.3) is 0 Å². The highest BCUT2D eigenvalue weighted by atomic mass is 32.1. The molecule has 0 bridgehead atoms. The first kappa shape index (κ1) is 27.9. The molecule has 33 heavy (non-hydrogen) atoms. The van der Waals surface area contributed by atoms with Gasteiger partial charge in [0, 0.05) is 12.2 Å². The second-order valence-corrected chi connectivity index (χ2v) is 8.21. The Hall–Kier alpha value is -3.12. The Morgan fingerprint density at radius 1 is 0.939 bits per heavy atom. The number of hydrogen-bond acceptors (Lipinski definition) is 7. The zero-order valence-corrected chi connectivity index (χ0v) is 19.4. The molecule has 0 fully saturated rings. The van der Waals surface area contributed by atoms with Crippen molar-refractivity contribution in [2.75, 3.05) is 5.75 Å². The van der Waals surface area contributed by atoms with Crippen LogP contribution in [0.2, 0.25) is 0 Å². The maximum absolute atomic E-state index is 12.8. The first-order valence-corrected chi connectivity index (χ1v) is 10.9. The molecule has 0 radical (unpaired) electrons. The summed E-state index contributed by atoms with van der Waals surface area (Å²) in [7, 11) is 0. The summed E-state index contributed by atoms with van der Waals surface area (Å²) >= 11 is 4.08. The van der Waals surface area contributed by atoms with Crippen LogP contribution in [0.3, 0.4) is 0 Å². The summed E-state index contributed by atoms with van der Waals surface area (Å²) in [5, 5.41) is 16.8. The number of carboxylic acids is 1. The summed E-state index contributed by atoms with van der Waals surface area (Å²) in [5.41, 5.74) is 11.4. The normalized spacial score (nSPS) is 14.5. The Morgan fingerprint density at radius 2 is 1.52 bits per heavy atom. The third kappa shape index (κ3) is 9.49. The highest BCUT2D eigenvalue weighted by Gasteiger charge is 2.31. The van der Waals surface area contributed by atoms with Crippen LogP contribution in [-0.2, 0) is 30.4 Å². The molecule has 1 aromatic rings. The van der Waals surface area contributed by atoms with E-state index in [4.69, 9.17) is 11.5 Å². The van der Waals surface area contributed by atoms with Crippen LogP contribution in [0.15, 0.2) is 30.3 Å². The van der Waals surface area contributed by atoms with Crippen LogP contribution in [0.25, 0.3) is 0 Å². The zero-order chi connectivity index (χ0) is 25.1. The number of nitrogens with two attached hydrogens (primary N) is 2. The van der Waals surface area contributed by atoms with Gasteiger partial charge in [-0.05, 0) is 11.5 Å². The van der Waals surface area contributed by atoms with Crippen LogP contribution in [0.5, 0.6) is 0 Å². The predicted molar refractivity (Wildman–Crippen MR) is 124 cm³/mol. The standard InChI is InChI=1S/C21H31N5O6S/c1-11(2)17(26-18(28)13(22)9-16(23)27)20(30)25-15(10-33)19(29)24-14(21(31)32)8-12-6-4-3-5-7-12/h3-7,11,13-15,17,33H,8-10,22H2,1-2H3,(H2,23,27)(H,24,29)(H,25,30)(H,26,28)(H,31,32). The highest BCUT2D eigenvalue weighted by molar-refractivity contribution is 7.80. The molecular weight excluding hydrogens is 450 g/mol. The lowest BCUT2D eigenvalue weighted by atomic mass is 10.0. The maximum atomic E-state index is 12.8. The van der Waals surface area contributed by atoms with E-state index >= 15 is 0 Å². The van der Waals surface area contributed by atoms with Crippen LogP contribution in [-0.4, -0.2) is 64.6 Å². The smallest absolute Gasteiger partial charge is 0.326 e. The largest absolute Gasteiger partial charge is 0.480 e. The van der Waals surface area contributed by atoms with E-state index in [9.17, 15) is 29.1 Å². The van der Waals surface area contributed by atoms with Crippen molar-refractivity contribution in [2.45, 2.75) is 50.9 Å². The third-order valence-corrected chi connectivity index (χ3v) is 5.08. The van der Waals surface area contributed by atoms with Gasteiger partial charge in [0.15, 0.2) is 0 Å². The van der Waals surface area contributed by atoms with Crippen LogP contribution in [0.1, 0.15) is 25.8 Å². The van der Waals surface area contributed by atoms with E-state index in [2.05, 4.69) is 28.6 Å². The van der Waals surface area contributed by atoms with Gasteiger partial charge in [-0.15, -0.1) is 0 Å². The lowest BCUT2D eigenvalue weighted by Gasteiger charge is -2.26. The Kier molecular flexibility index (Phi) is 11.4. The van der Waals surface area contributed by atoms with Crippen molar-refractivity contribution >= 4 is 42.2 Å². The molecule has 182 valence electrons. The first-order chi connectivity index (χ1) is 15.5. The van der Waals surface area contributed by atoms with E-state index < -0.39 is 60.2 Å². The molecule has 4 atom stereocenters. The number of aliphatic carboxylic acids is 1. The van der Waals surface area contributed by atoms with Gasteiger partial charge in [0.05, 0.1) is 12.5 Å². The number of nitrogens with one attached hydrogen (secondary N) is 3. The number of carbonyl (C=O) groups excluding carboxylic acids is 4. The fourth-order valence-electron chi connectivity index (χ4n) is 2.88. The van der Waals surface area contributed by atoms with Gasteiger partial charge in [-0.25, -0.2) is 4.79 Å². The minimum atomic E-state index is -1.23. The number of rotatable bonds is 13. The maximum Gasteiger partial charge on any atom is 0.326 e. The Balaban J connectivity index is 2.84. The van der Waals surface area contributed by atoms with Gasteiger partial charge in [0.2, 0.25) is 23.6 Å². The van der Waals surface area contributed by atoms with Gasteiger partial charge in [-0.3, -0.25) is 19.2 Å². The number of hydrogen-bond donors (Lipinski definition) is 7. The lowest BCUT2D eigenvalue weighted by Crippen LogP contribution is -2.59. The molecule has 0 aliphatic heterocycles. The molecule has 0 aliphatic carbocycles. The molecule has 0 aliphatic rings. The molecule has 0 saturated carbocycles. The molecule has 0 spiro atoms. The van der Waals surface area contributed by atoms with E-state index in [1.165, 1.54) is 0 Å². The van der Waals surface area contributed by atoms with E-state index in [0.29, 0.717) is 5.56 Å². The number of amides is 4. The fraction of sp³-hybridized carbons (Fsp3) is 0.476. The van der Waals surface area contributed by atoms with Gasteiger partial charge < -0.3 is 32.5 Å². The number of primary amides is 1. The second kappa shape index (κ2) is 13.4. The molecule has 4 amide bonds. The molecule has 4 unspecified atom stereocenters. The quantitative estimate of drug-likeness (QED) is 0.168. The number of carboxylic acid groups (broad SMARTS) is 1. The second-order valence-electron chi connectivity index (χ2n) is 7.84. The number of thiol groups is 1. The van der Waals surface area contributed by atoms with Crippen molar-refractivity contribution in [3.63, 3.8) is 0 Å². The minimum Gasteiger partial charge on any atom is -0.480 e. The van der Waals surface area contributed by atoms with Crippen molar-refractivity contribution in [3.05, 3.63) is 35.9 Å². The number of benzene rings is 1. The van der Waals surface area contributed by atoms with E-state index in [-0.39, 0.29) is 18.1 Å². The number of carbonyl (C=O) groups is 5. The third-order valence-electron chi connectivity index (χ3n) is 4.72. The molecule has 0 saturated heterocycles. The fourth-order valence-corrected chi connectivity index (χ4v) is 3.14. The molecule has 8 N–H and O–H groups in total. The SMILES string of the molecule is CC(C)C(NC(=O)C(N)CC(N)=O)C(=O)NC(CS)C(=O)NC(Cc1ccccc1)C(=O)O. The molecule has 1 aromatic carbocycles. The summed E-state index contributed by atoms with van der Waals surface area (Å²) < 4.78 is 0. The van der Waals surface area contributed by atoms with Gasteiger partial charge >= 0.3 is 5.97 Å². The lowest BCUT2D eigenvalue weighted by molar-refractivity contribution is -0.142. The van der Waals surface area contributed by atoms with Crippen LogP contribution >= 0.6 is 12.6 Å². The average molecular weight is 482 g/mol. The predicted octanol–water partition coefficient (Wildman–Crippen LogP) is -1.44. The van der Waals surface area contributed by atoms with Crippen molar-refractivity contribution in [2.24, 2.45) is 17.4 Å². The summed E-state index contributed by atoms with van der Waals surface area (Å²) in [6.45, 7) is 3.33. The van der Waals surface area contributed by atoms with Crippen molar-refractivity contribution in [1.82, 2.24) is 16.0 Å². The average Bonchev–Trinajstić information content (AvgIpc) is 2.74. The van der Waals surface area contributed by atoms with Crippen molar-refractivity contribution in [1.29, 1.82) is 0 Å². The topological polar surface area (TPSA) is 194 Å². The minimum absolute atomic E-state index is 0.0532. The Bertz CT molecular complexity index is 851. The summed E-state index contributed by atoms with van der Waals surface area (Å²) in [6.07, 6.45) is -0.338. The van der Waals surface area contributed by atoms with Crippen LogP contribution in [0.4, 0.5) is 0 Å². The highest BCUT2D eigenvalue weighted by Crippen LogP contribution is 2.06. The molecule has 1 rings (SSSR count). The van der Waals surface area contributed by atoms with E-state index in [0.717, 1.165) is 0 Å². The monoisotopic (exact) mass is 481 g/mol.